The van der Waals surface area contributed by atoms with Crippen molar-refractivity contribution in [2.45, 2.75) is 19.3 Å². The first-order valence-electron chi connectivity index (χ1n) is 6.44. The molecule has 0 aliphatic heterocycles. The second-order valence-electron chi connectivity index (χ2n) is 4.30. The van der Waals surface area contributed by atoms with Gasteiger partial charge in [-0.3, -0.25) is 0 Å². The molecule has 0 heterocycles. The van der Waals surface area contributed by atoms with E-state index in [-0.39, 0.29) is 0 Å². The fourth-order valence-electron chi connectivity index (χ4n) is 1.97. The number of benzene rings is 2. The Balaban J connectivity index is 1.90. The van der Waals surface area contributed by atoms with E-state index in [1.165, 1.54) is 11.1 Å². The number of hydrogen-bond donors (Lipinski definition) is 0. The zero-order valence-electron chi connectivity index (χ0n) is 10.6. The average molecular weight is 239 g/mol. The Labute approximate surface area is 109 Å². The molecular formula is C17H19O. The van der Waals surface area contributed by atoms with Gasteiger partial charge in [-0.1, -0.05) is 55.5 Å². The highest BCUT2D eigenvalue weighted by molar-refractivity contribution is 5.33. The van der Waals surface area contributed by atoms with E-state index in [0.29, 0.717) is 0 Å². The second-order valence-corrected chi connectivity index (χ2v) is 4.30. The molecule has 0 aromatic heterocycles. The van der Waals surface area contributed by atoms with Gasteiger partial charge in [0, 0.05) is 6.42 Å². The van der Waals surface area contributed by atoms with Crippen molar-refractivity contribution in [1.82, 2.24) is 0 Å². The molecule has 0 bridgehead atoms. The van der Waals surface area contributed by atoms with E-state index >= 15 is 0 Å². The molecule has 1 nitrogen and oxygen atoms in total. The molecule has 0 saturated heterocycles. The van der Waals surface area contributed by atoms with Crippen LogP contribution in [0.25, 0.3) is 0 Å². The zero-order valence-corrected chi connectivity index (χ0v) is 10.6. The summed E-state index contributed by atoms with van der Waals surface area (Å²) in [5.74, 6) is 0.997. The van der Waals surface area contributed by atoms with Crippen LogP contribution >= 0.6 is 0 Å². The Morgan fingerprint density at radius 1 is 0.833 bits per heavy atom. The molecule has 0 atom stereocenters. The highest BCUT2D eigenvalue weighted by Gasteiger charge is 2.01. The minimum atomic E-state index is 0.720. The van der Waals surface area contributed by atoms with Gasteiger partial charge in [0.15, 0.2) is 0 Å². The highest BCUT2D eigenvalue weighted by atomic mass is 16.5. The van der Waals surface area contributed by atoms with Gasteiger partial charge in [0.2, 0.25) is 0 Å². The van der Waals surface area contributed by atoms with Crippen molar-refractivity contribution in [2.75, 3.05) is 6.61 Å². The van der Waals surface area contributed by atoms with E-state index < -0.39 is 0 Å². The molecule has 0 fully saturated rings. The molecule has 0 N–H and O–H groups in total. The van der Waals surface area contributed by atoms with Gasteiger partial charge in [-0.25, -0.2) is 0 Å². The van der Waals surface area contributed by atoms with Gasteiger partial charge < -0.3 is 4.74 Å². The van der Waals surface area contributed by atoms with Crippen LogP contribution in [0.15, 0.2) is 54.6 Å². The Bertz CT molecular complexity index is 462. The summed E-state index contributed by atoms with van der Waals surface area (Å²) in [5, 5.41) is 0. The predicted octanol–water partition coefficient (Wildman–Crippen LogP) is 4.07. The average Bonchev–Trinajstić information content (AvgIpc) is 2.42. The number of rotatable bonds is 6. The minimum absolute atomic E-state index is 0.720. The van der Waals surface area contributed by atoms with Gasteiger partial charge in [-0.15, -0.1) is 0 Å². The molecule has 2 aromatic carbocycles. The van der Waals surface area contributed by atoms with Gasteiger partial charge in [-0.2, -0.15) is 0 Å². The maximum Gasteiger partial charge on any atom is 0.122 e. The van der Waals surface area contributed by atoms with Crippen molar-refractivity contribution in [1.29, 1.82) is 0 Å². The summed E-state index contributed by atoms with van der Waals surface area (Å²) < 4.78 is 5.87. The lowest BCUT2D eigenvalue weighted by Gasteiger charge is -2.10. The topological polar surface area (TPSA) is 9.23 Å². The van der Waals surface area contributed by atoms with Gasteiger partial charge in [0.1, 0.15) is 5.75 Å². The molecule has 93 valence electrons. The van der Waals surface area contributed by atoms with Crippen molar-refractivity contribution in [2.24, 2.45) is 0 Å². The number of ether oxygens (including phenoxy) is 1. The molecule has 1 radical (unpaired) electrons. The third kappa shape index (κ3) is 3.63. The van der Waals surface area contributed by atoms with E-state index in [1.807, 2.05) is 18.2 Å². The number of para-hydroxylation sites is 1. The summed E-state index contributed by atoms with van der Waals surface area (Å²) in [6.07, 6.45) is 2.82. The van der Waals surface area contributed by atoms with Crippen molar-refractivity contribution in [3.63, 3.8) is 0 Å². The smallest absolute Gasteiger partial charge is 0.122 e. The largest absolute Gasteiger partial charge is 0.493 e. The SMILES string of the molecule is [CH2]CCc1ccccc1OCCc1ccccc1. The van der Waals surface area contributed by atoms with Crippen LogP contribution in [0.2, 0.25) is 0 Å². The molecule has 1 heteroatoms. The van der Waals surface area contributed by atoms with Gasteiger partial charge in [-0.05, 0) is 30.0 Å². The normalized spacial score (nSPS) is 10.3. The Hall–Kier alpha value is -1.76. The van der Waals surface area contributed by atoms with Crippen LogP contribution in [0.3, 0.4) is 0 Å². The second kappa shape index (κ2) is 6.85. The molecule has 0 spiro atoms. The Kier molecular flexibility index (Phi) is 4.83. The molecule has 0 unspecified atom stereocenters. The molecule has 0 saturated carbocycles. The highest BCUT2D eigenvalue weighted by Crippen LogP contribution is 2.19. The maximum absolute atomic E-state index is 5.87. The van der Waals surface area contributed by atoms with Crippen LogP contribution in [0.4, 0.5) is 0 Å². The van der Waals surface area contributed by atoms with Crippen LogP contribution in [0, 0.1) is 6.92 Å². The first-order valence-corrected chi connectivity index (χ1v) is 6.44. The molecule has 0 amide bonds. The lowest BCUT2D eigenvalue weighted by Crippen LogP contribution is -2.03. The zero-order chi connectivity index (χ0) is 12.6. The number of aryl methyl sites for hydroxylation is 1. The van der Waals surface area contributed by atoms with Crippen LogP contribution in [0.1, 0.15) is 17.5 Å². The van der Waals surface area contributed by atoms with Crippen molar-refractivity contribution in [3.8, 4) is 5.75 Å². The molecule has 18 heavy (non-hydrogen) atoms. The molecular weight excluding hydrogens is 220 g/mol. The van der Waals surface area contributed by atoms with Crippen LogP contribution < -0.4 is 4.74 Å². The Morgan fingerprint density at radius 2 is 1.56 bits per heavy atom. The summed E-state index contributed by atoms with van der Waals surface area (Å²) in [6.45, 7) is 4.61. The van der Waals surface area contributed by atoms with E-state index in [4.69, 9.17) is 4.74 Å². The quantitative estimate of drug-likeness (QED) is 0.738. The van der Waals surface area contributed by atoms with E-state index in [2.05, 4.69) is 43.3 Å². The minimum Gasteiger partial charge on any atom is -0.493 e. The lowest BCUT2D eigenvalue weighted by molar-refractivity contribution is 0.318. The van der Waals surface area contributed by atoms with Crippen LogP contribution in [-0.2, 0) is 12.8 Å². The molecule has 2 aromatic rings. The standard InChI is InChI=1S/C17H19O/c1-2-8-16-11-6-7-12-17(16)18-14-13-15-9-4-3-5-10-15/h3-7,9-12H,1-2,8,13-14H2. The van der Waals surface area contributed by atoms with Crippen molar-refractivity contribution in [3.05, 3.63) is 72.6 Å². The van der Waals surface area contributed by atoms with Gasteiger partial charge >= 0.3 is 0 Å². The summed E-state index contributed by atoms with van der Waals surface area (Å²) in [7, 11) is 0. The summed E-state index contributed by atoms with van der Waals surface area (Å²) in [5.41, 5.74) is 2.56. The first-order chi connectivity index (χ1) is 8.90. The van der Waals surface area contributed by atoms with Gasteiger partial charge in [0.25, 0.3) is 0 Å². The number of hydrogen-bond acceptors (Lipinski definition) is 1. The molecule has 0 aliphatic rings. The summed E-state index contributed by atoms with van der Waals surface area (Å²) in [6, 6.07) is 18.6. The van der Waals surface area contributed by atoms with E-state index in [0.717, 1.165) is 31.6 Å². The first kappa shape index (κ1) is 12.7. The van der Waals surface area contributed by atoms with Crippen LogP contribution in [0.5, 0.6) is 5.75 Å². The summed E-state index contributed by atoms with van der Waals surface area (Å²) >= 11 is 0. The molecule has 0 aliphatic carbocycles. The summed E-state index contributed by atoms with van der Waals surface area (Å²) in [4.78, 5) is 0. The fourth-order valence-corrected chi connectivity index (χ4v) is 1.97. The van der Waals surface area contributed by atoms with E-state index in [9.17, 15) is 0 Å². The fraction of sp³-hybridized carbons (Fsp3) is 0.235. The molecule has 2 rings (SSSR count). The maximum atomic E-state index is 5.87. The van der Waals surface area contributed by atoms with Crippen molar-refractivity contribution < 1.29 is 4.74 Å². The third-order valence-corrected chi connectivity index (χ3v) is 2.91. The monoisotopic (exact) mass is 239 g/mol. The predicted molar refractivity (Wildman–Crippen MR) is 75.8 cm³/mol. The van der Waals surface area contributed by atoms with Gasteiger partial charge in [0.05, 0.1) is 6.61 Å². The Morgan fingerprint density at radius 3 is 2.33 bits per heavy atom. The van der Waals surface area contributed by atoms with Crippen molar-refractivity contribution >= 4 is 0 Å². The lowest BCUT2D eigenvalue weighted by atomic mass is 10.1. The van der Waals surface area contributed by atoms with E-state index in [1.54, 1.807) is 0 Å². The third-order valence-electron chi connectivity index (χ3n) is 2.91. The van der Waals surface area contributed by atoms with Crippen LogP contribution in [-0.4, -0.2) is 6.61 Å².